The zero-order valence-corrected chi connectivity index (χ0v) is 14.1. The predicted octanol–water partition coefficient (Wildman–Crippen LogP) is 2.88. The van der Waals surface area contributed by atoms with Gasteiger partial charge in [0.05, 0.1) is 17.7 Å². The van der Waals surface area contributed by atoms with Crippen molar-refractivity contribution in [2.24, 2.45) is 0 Å². The van der Waals surface area contributed by atoms with Crippen molar-refractivity contribution < 1.29 is 23.1 Å². The number of carbonyl (C=O) groups excluding carboxylic acids is 1. The van der Waals surface area contributed by atoms with Crippen LogP contribution in [0.1, 0.15) is 24.1 Å². The van der Waals surface area contributed by atoms with E-state index in [4.69, 9.17) is 5.26 Å². The van der Waals surface area contributed by atoms with Crippen molar-refractivity contribution in [2.75, 3.05) is 6.54 Å². The molecular weight excluding hydrogens is 369 g/mol. The second-order valence-electron chi connectivity index (χ2n) is 5.81. The van der Waals surface area contributed by atoms with Gasteiger partial charge in [0, 0.05) is 24.2 Å². The number of pyridine rings is 1. The number of hydrogen-bond donors (Lipinski definition) is 1. The fraction of sp³-hybridized carbons (Fsp3) is 0.375. The number of alkyl halides is 3. The number of aromatic hydroxyl groups is 1. The lowest BCUT2D eigenvalue weighted by molar-refractivity contribution is -0.182. The summed E-state index contributed by atoms with van der Waals surface area (Å²) in [6.45, 7) is 0.0813. The van der Waals surface area contributed by atoms with Gasteiger partial charge in [-0.1, -0.05) is 0 Å². The number of halogens is 3. The van der Waals surface area contributed by atoms with Crippen LogP contribution in [-0.2, 0) is 11.2 Å². The molecule has 1 amide bonds. The Morgan fingerprint density at radius 3 is 2.92 bits per heavy atom. The lowest BCUT2D eigenvalue weighted by Gasteiger charge is -2.26. The fourth-order valence-corrected chi connectivity index (χ4v) is 3.66. The van der Waals surface area contributed by atoms with E-state index in [0.717, 1.165) is 16.2 Å². The van der Waals surface area contributed by atoms with E-state index in [-0.39, 0.29) is 36.4 Å². The van der Waals surface area contributed by atoms with Crippen LogP contribution in [-0.4, -0.2) is 44.6 Å². The van der Waals surface area contributed by atoms with Gasteiger partial charge < -0.3 is 10.0 Å². The van der Waals surface area contributed by atoms with Gasteiger partial charge in [0.2, 0.25) is 5.91 Å². The molecular formula is C16H13F3N4O2S. The first-order chi connectivity index (χ1) is 12.3. The third-order valence-electron chi connectivity index (χ3n) is 4.03. The molecule has 10 heteroatoms. The van der Waals surface area contributed by atoms with Gasteiger partial charge in [0.25, 0.3) is 0 Å². The maximum atomic E-state index is 13.0. The van der Waals surface area contributed by atoms with E-state index in [1.165, 1.54) is 12.3 Å². The number of nitrogens with zero attached hydrogens (tertiary/aromatic N) is 4. The molecule has 0 unspecified atom stereocenters. The highest BCUT2D eigenvalue weighted by molar-refractivity contribution is 7.13. The molecule has 0 aliphatic carbocycles. The number of rotatable bonds is 3. The van der Waals surface area contributed by atoms with Crippen LogP contribution in [0, 0.1) is 11.3 Å². The van der Waals surface area contributed by atoms with E-state index in [1.54, 1.807) is 5.38 Å². The largest absolute Gasteiger partial charge is 0.506 e. The van der Waals surface area contributed by atoms with Crippen LogP contribution in [0.25, 0.3) is 10.7 Å². The lowest BCUT2D eigenvalue weighted by atomic mass is 10.2. The van der Waals surface area contributed by atoms with Crippen molar-refractivity contribution in [3.05, 3.63) is 28.9 Å². The molecule has 1 saturated heterocycles. The average Bonchev–Trinajstić information content (AvgIpc) is 3.23. The minimum absolute atomic E-state index is 0.0813. The zero-order valence-electron chi connectivity index (χ0n) is 13.3. The molecule has 1 fully saturated rings. The Bertz CT molecular complexity index is 875. The minimum atomic E-state index is -4.43. The molecule has 3 rings (SSSR count). The zero-order chi connectivity index (χ0) is 18.9. The molecule has 136 valence electrons. The highest BCUT2D eigenvalue weighted by atomic mass is 32.1. The highest BCUT2D eigenvalue weighted by Gasteiger charge is 2.47. The normalized spacial score (nSPS) is 17.3. The lowest BCUT2D eigenvalue weighted by Crippen LogP contribution is -2.45. The molecule has 3 heterocycles. The SMILES string of the molecule is N#Cc1cnc(-c2nc(CC(=O)N3CCC[C@H]3C(F)(F)F)cs2)c(O)c1. The van der Waals surface area contributed by atoms with Crippen LogP contribution >= 0.6 is 11.3 Å². The number of aromatic nitrogens is 2. The summed E-state index contributed by atoms with van der Waals surface area (Å²) in [5, 5.41) is 20.6. The summed E-state index contributed by atoms with van der Waals surface area (Å²) in [5.74, 6) is -0.855. The Morgan fingerprint density at radius 2 is 2.27 bits per heavy atom. The Morgan fingerprint density at radius 1 is 1.50 bits per heavy atom. The van der Waals surface area contributed by atoms with Gasteiger partial charge >= 0.3 is 6.18 Å². The molecule has 2 aromatic heterocycles. The monoisotopic (exact) mass is 382 g/mol. The van der Waals surface area contributed by atoms with E-state index in [0.29, 0.717) is 17.1 Å². The number of thiazole rings is 1. The first-order valence-corrected chi connectivity index (χ1v) is 8.57. The number of likely N-dealkylation sites (tertiary alicyclic amines) is 1. The van der Waals surface area contributed by atoms with E-state index >= 15 is 0 Å². The number of carbonyl (C=O) groups is 1. The second kappa shape index (κ2) is 6.92. The molecule has 0 bridgehead atoms. The van der Waals surface area contributed by atoms with Gasteiger partial charge in [-0.2, -0.15) is 18.4 Å². The van der Waals surface area contributed by atoms with E-state index < -0.39 is 18.1 Å². The summed E-state index contributed by atoms with van der Waals surface area (Å²) >= 11 is 1.11. The number of hydrogen-bond acceptors (Lipinski definition) is 6. The smallest absolute Gasteiger partial charge is 0.408 e. The van der Waals surface area contributed by atoms with Gasteiger partial charge in [-0.05, 0) is 12.8 Å². The number of amides is 1. The molecule has 1 N–H and O–H groups in total. The van der Waals surface area contributed by atoms with Gasteiger partial charge in [-0.15, -0.1) is 11.3 Å². The Kier molecular flexibility index (Phi) is 4.82. The van der Waals surface area contributed by atoms with Crippen LogP contribution in [0.2, 0.25) is 0 Å². The molecule has 0 aromatic carbocycles. The Labute approximate surface area is 150 Å². The van der Waals surface area contributed by atoms with Crippen LogP contribution in [0.15, 0.2) is 17.6 Å². The van der Waals surface area contributed by atoms with Gasteiger partial charge in [-0.3, -0.25) is 4.79 Å². The summed E-state index contributed by atoms with van der Waals surface area (Å²) < 4.78 is 38.9. The van der Waals surface area contributed by atoms with Crippen molar-refractivity contribution in [3.8, 4) is 22.5 Å². The molecule has 0 saturated carbocycles. The molecule has 1 aliphatic rings. The number of nitriles is 1. The van der Waals surface area contributed by atoms with Crippen molar-refractivity contribution >= 4 is 17.2 Å². The fourth-order valence-electron chi connectivity index (χ4n) is 2.84. The van der Waals surface area contributed by atoms with Crippen molar-refractivity contribution in [1.82, 2.24) is 14.9 Å². The molecule has 6 nitrogen and oxygen atoms in total. The van der Waals surface area contributed by atoms with Crippen molar-refractivity contribution in [2.45, 2.75) is 31.5 Å². The first-order valence-electron chi connectivity index (χ1n) is 7.69. The highest BCUT2D eigenvalue weighted by Crippen LogP contribution is 2.34. The van der Waals surface area contributed by atoms with Gasteiger partial charge in [0.15, 0.2) is 0 Å². The van der Waals surface area contributed by atoms with Crippen LogP contribution in [0.5, 0.6) is 5.75 Å². The maximum absolute atomic E-state index is 13.0. The van der Waals surface area contributed by atoms with Crippen LogP contribution < -0.4 is 0 Å². The minimum Gasteiger partial charge on any atom is -0.506 e. The van der Waals surface area contributed by atoms with Gasteiger partial charge in [0.1, 0.15) is 28.6 Å². The summed E-state index contributed by atoms with van der Waals surface area (Å²) in [4.78, 5) is 21.3. The standard InChI is InChI=1S/C16H13F3N4O2S/c17-16(18,19)12-2-1-3-23(12)13(25)5-10-8-26-15(22-10)14-11(24)4-9(6-20)7-21-14/h4,7-8,12,24H,1-3,5H2/t12-/m0/s1. The Hall–Kier alpha value is -2.67. The third-order valence-corrected chi connectivity index (χ3v) is 4.93. The van der Waals surface area contributed by atoms with E-state index in [9.17, 15) is 23.1 Å². The summed E-state index contributed by atoms with van der Waals surface area (Å²) in [5.41, 5.74) is 0.654. The topological polar surface area (TPSA) is 90.1 Å². The molecule has 0 spiro atoms. The quantitative estimate of drug-likeness (QED) is 0.882. The van der Waals surface area contributed by atoms with Crippen LogP contribution in [0.3, 0.4) is 0 Å². The van der Waals surface area contributed by atoms with Crippen LogP contribution in [0.4, 0.5) is 13.2 Å². The summed E-state index contributed by atoms with van der Waals surface area (Å²) in [7, 11) is 0. The summed E-state index contributed by atoms with van der Waals surface area (Å²) in [6, 6.07) is 1.35. The molecule has 1 aliphatic heterocycles. The molecule has 26 heavy (non-hydrogen) atoms. The van der Waals surface area contributed by atoms with Gasteiger partial charge in [-0.25, -0.2) is 9.97 Å². The molecule has 2 aromatic rings. The predicted molar refractivity (Wildman–Crippen MR) is 86.2 cm³/mol. The average molecular weight is 382 g/mol. The molecule has 1 atom stereocenters. The Balaban J connectivity index is 1.75. The van der Waals surface area contributed by atoms with E-state index in [1.807, 2.05) is 6.07 Å². The summed E-state index contributed by atoms with van der Waals surface area (Å²) in [6.07, 6.45) is -3.17. The molecule has 0 radical (unpaired) electrons. The van der Waals surface area contributed by atoms with Crippen molar-refractivity contribution in [3.63, 3.8) is 0 Å². The third kappa shape index (κ3) is 3.62. The van der Waals surface area contributed by atoms with Crippen molar-refractivity contribution in [1.29, 1.82) is 5.26 Å². The van der Waals surface area contributed by atoms with E-state index in [2.05, 4.69) is 9.97 Å². The first kappa shape index (κ1) is 18.1. The second-order valence-corrected chi connectivity index (χ2v) is 6.67. The maximum Gasteiger partial charge on any atom is 0.408 e.